The van der Waals surface area contributed by atoms with Gasteiger partial charge in [-0.25, -0.2) is 0 Å². The molecule has 0 atom stereocenters. The number of hydrogen-bond donors (Lipinski definition) is 3. The molecule has 1 rings (SSSR count). The summed E-state index contributed by atoms with van der Waals surface area (Å²) >= 11 is 0. The second-order valence-electron chi connectivity index (χ2n) is 2.23. The van der Waals surface area contributed by atoms with Crippen molar-refractivity contribution < 1.29 is 10.2 Å². The van der Waals surface area contributed by atoms with Gasteiger partial charge in [-0.15, -0.1) is 0 Å². The minimum atomic E-state index is 0.00579. The molecule has 0 spiro atoms. The summed E-state index contributed by atoms with van der Waals surface area (Å²) in [5.74, 6) is 0. The van der Waals surface area contributed by atoms with Gasteiger partial charge >= 0.3 is 0 Å². The predicted octanol–water partition coefficient (Wildman–Crippen LogP) is 0.308. The zero-order chi connectivity index (χ0) is 7.56. The lowest BCUT2D eigenvalue weighted by atomic mass is 10.2. The van der Waals surface area contributed by atoms with Gasteiger partial charge in [-0.1, -0.05) is 0 Å². The van der Waals surface area contributed by atoms with Crippen LogP contribution in [0.1, 0.15) is 16.8 Å². The molecule has 0 aliphatic carbocycles. The maximum absolute atomic E-state index is 8.73. The molecule has 1 aromatic rings. The number of hydrogen-bond acceptors (Lipinski definition) is 2. The second kappa shape index (κ2) is 2.86. The van der Waals surface area contributed by atoms with Crippen LogP contribution in [0.25, 0.3) is 0 Å². The molecule has 0 saturated heterocycles. The third-order valence-electron chi connectivity index (χ3n) is 1.68. The Balaban J connectivity index is 2.97. The summed E-state index contributed by atoms with van der Waals surface area (Å²) in [6.45, 7) is 1.90. The molecule has 1 heterocycles. The van der Waals surface area contributed by atoms with Crippen molar-refractivity contribution in [1.82, 2.24) is 4.98 Å². The molecule has 1 aromatic heterocycles. The molecule has 0 saturated carbocycles. The quantitative estimate of drug-likeness (QED) is 0.555. The minimum absolute atomic E-state index is 0.00579. The number of rotatable bonds is 2. The van der Waals surface area contributed by atoms with Crippen LogP contribution in [0, 0.1) is 6.92 Å². The number of aromatic nitrogens is 1. The highest BCUT2D eigenvalue weighted by Gasteiger charge is 2.02. The lowest BCUT2D eigenvalue weighted by Crippen LogP contribution is -1.87. The van der Waals surface area contributed by atoms with Gasteiger partial charge in [-0.05, 0) is 18.1 Å². The molecule has 56 valence electrons. The third kappa shape index (κ3) is 1.05. The van der Waals surface area contributed by atoms with E-state index >= 15 is 0 Å². The van der Waals surface area contributed by atoms with E-state index in [0.717, 1.165) is 16.8 Å². The van der Waals surface area contributed by atoms with E-state index in [-0.39, 0.29) is 13.2 Å². The van der Waals surface area contributed by atoms with Crippen LogP contribution in [0.2, 0.25) is 0 Å². The highest BCUT2D eigenvalue weighted by atomic mass is 16.3. The Morgan fingerprint density at radius 2 is 2.10 bits per heavy atom. The Morgan fingerprint density at radius 3 is 2.40 bits per heavy atom. The predicted molar refractivity (Wildman–Crippen MR) is 37.4 cm³/mol. The molecule has 0 aromatic carbocycles. The van der Waals surface area contributed by atoms with Crippen LogP contribution in [0.4, 0.5) is 0 Å². The average Bonchev–Trinajstić information content (AvgIpc) is 2.30. The molecule has 0 bridgehead atoms. The Bertz CT molecular complexity index is 196. The maximum Gasteiger partial charge on any atom is 0.0833 e. The first-order valence-electron chi connectivity index (χ1n) is 3.17. The normalized spacial score (nSPS) is 10.3. The van der Waals surface area contributed by atoms with Crippen molar-refractivity contribution in [3.8, 4) is 0 Å². The van der Waals surface area contributed by atoms with Crippen LogP contribution in [0.3, 0.4) is 0 Å². The van der Waals surface area contributed by atoms with Crippen LogP contribution in [0.5, 0.6) is 0 Å². The monoisotopic (exact) mass is 141 g/mol. The topological polar surface area (TPSA) is 56.2 Å². The molecular weight excluding hydrogens is 130 g/mol. The van der Waals surface area contributed by atoms with E-state index in [1.54, 1.807) is 6.20 Å². The van der Waals surface area contributed by atoms with Gasteiger partial charge in [0.15, 0.2) is 0 Å². The Labute approximate surface area is 59.3 Å². The molecule has 0 radical (unpaired) electrons. The smallest absolute Gasteiger partial charge is 0.0833 e. The van der Waals surface area contributed by atoms with E-state index in [1.807, 2.05) is 6.92 Å². The van der Waals surface area contributed by atoms with Crippen molar-refractivity contribution in [2.45, 2.75) is 20.1 Å². The first-order chi connectivity index (χ1) is 4.79. The summed E-state index contributed by atoms with van der Waals surface area (Å²) in [7, 11) is 0. The van der Waals surface area contributed by atoms with Gasteiger partial charge in [-0.2, -0.15) is 0 Å². The highest BCUT2D eigenvalue weighted by molar-refractivity contribution is 5.28. The van der Waals surface area contributed by atoms with Crippen molar-refractivity contribution >= 4 is 0 Å². The van der Waals surface area contributed by atoms with Crippen molar-refractivity contribution in [3.63, 3.8) is 0 Å². The summed E-state index contributed by atoms with van der Waals surface area (Å²) in [6.07, 6.45) is 1.71. The van der Waals surface area contributed by atoms with E-state index in [2.05, 4.69) is 4.98 Å². The SMILES string of the molecule is Cc1c(CO)c[nH]c1CO. The molecule has 0 unspecified atom stereocenters. The summed E-state index contributed by atoms with van der Waals surface area (Å²) in [6, 6.07) is 0. The van der Waals surface area contributed by atoms with Crippen LogP contribution >= 0.6 is 0 Å². The number of H-pyrrole nitrogens is 1. The molecule has 3 nitrogen and oxygen atoms in total. The Hall–Kier alpha value is -0.800. The van der Waals surface area contributed by atoms with Crippen LogP contribution in [-0.4, -0.2) is 15.2 Å². The fourth-order valence-electron chi connectivity index (χ4n) is 0.913. The molecule has 0 aliphatic rings. The van der Waals surface area contributed by atoms with Gasteiger partial charge in [0, 0.05) is 11.9 Å². The average molecular weight is 141 g/mol. The van der Waals surface area contributed by atoms with Crippen molar-refractivity contribution in [3.05, 3.63) is 23.0 Å². The standard InChI is InChI=1S/C7H11NO2/c1-5-6(3-9)2-8-7(5)4-10/h2,8-10H,3-4H2,1H3. The van der Waals surface area contributed by atoms with Crippen molar-refractivity contribution in [2.24, 2.45) is 0 Å². The summed E-state index contributed by atoms with van der Waals surface area (Å²) in [5, 5.41) is 17.4. The zero-order valence-corrected chi connectivity index (χ0v) is 5.89. The van der Waals surface area contributed by atoms with Gasteiger partial charge < -0.3 is 15.2 Å². The van der Waals surface area contributed by atoms with E-state index in [9.17, 15) is 0 Å². The number of aliphatic hydroxyl groups excluding tert-OH is 2. The van der Waals surface area contributed by atoms with Crippen molar-refractivity contribution in [2.75, 3.05) is 0 Å². The summed E-state index contributed by atoms with van der Waals surface area (Å²) in [5.41, 5.74) is 2.58. The van der Waals surface area contributed by atoms with Crippen LogP contribution < -0.4 is 0 Å². The number of nitrogens with one attached hydrogen (secondary N) is 1. The molecule has 3 N–H and O–H groups in total. The Kier molecular flexibility index (Phi) is 2.09. The van der Waals surface area contributed by atoms with E-state index in [0.29, 0.717) is 0 Å². The first-order valence-corrected chi connectivity index (χ1v) is 3.17. The zero-order valence-electron chi connectivity index (χ0n) is 5.89. The van der Waals surface area contributed by atoms with E-state index in [1.165, 1.54) is 0 Å². The van der Waals surface area contributed by atoms with E-state index < -0.39 is 0 Å². The van der Waals surface area contributed by atoms with Gasteiger partial charge in [-0.3, -0.25) is 0 Å². The third-order valence-corrected chi connectivity index (χ3v) is 1.68. The highest BCUT2D eigenvalue weighted by Crippen LogP contribution is 2.11. The fraction of sp³-hybridized carbons (Fsp3) is 0.429. The lowest BCUT2D eigenvalue weighted by Gasteiger charge is -1.94. The molecule has 0 amide bonds. The van der Waals surface area contributed by atoms with Gasteiger partial charge in [0.1, 0.15) is 0 Å². The van der Waals surface area contributed by atoms with Gasteiger partial charge in [0.05, 0.1) is 13.2 Å². The lowest BCUT2D eigenvalue weighted by molar-refractivity contribution is 0.274. The summed E-state index contributed by atoms with van der Waals surface area (Å²) < 4.78 is 0. The number of aliphatic hydroxyl groups is 2. The molecule has 10 heavy (non-hydrogen) atoms. The van der Waals surface area contributed by atoms with E-state index in [4.69, 9.17) is 10.2 Å². The fourth-order valence-corrected chi connectivity index (χ4v) is 0.913. The second-order valence-corrected chi connectivity index (χ2v) is 2.23. The Morgan fingerprint density at radius 1 is 1.40 bits per heavy atom. The van der Waals surface area contributed by atoms with Gasteiger partial charge in [0.2, 0.25) is 0 Å². The first kappa shape index (κ1) is 7.31. The minimum Gasteiger partial charge on any atom is -0.392 e. The largest absolute Gasteiger partial charge is 0.392 e. The van der Waals surface area contributed by atoms with Crippen LogP contribution in [-0.2, 0) is 13.2 Å². The number of aromatic amines is 1. The summed E-state index contributed by atoms with van der Waals surface area (Å²) in [4.78, 5) is 2.86. The molecule has 0 aliphatic heterocycles. The maximum atomic E-state index is 8.73. The van der Waals surface area contributed by atoms with Crippen molar-refractivity contribution in [1.29, 1.82) is 0 Å². The molecular formula is C7H11NO2. The molecule has 3 heteroatoms. The van der Waals surface area contributed by atoms with Gasteiger partial charge in [0.25, 0.3) is 0 Å². The molecule has 0 fully saturated rings. The van der Waals surface area contributed by atoms with Crippen LogP contribution in [0.15, 0.2) is 6.20 Å².